The van der Waals surface area contributed by atoms with E-state index in [0.717, 1.165) is 16.8 Å². The summed E-state index contributed by atoms with van der Waals surface area (Å²) in [4.78, 5) is 0. The van der Waals surface area contributed by atoms with E-state index < -0.39 is 10.0 Å². The first kappa shape index (κ1) is 16.8. The molecule has 0 aliphatic heterocycles. The molecule has 0 fully saturated rings. The van der Waals surface area contributed by atoms with Crippen LogP contribution < -0.4 is 5.14 Å². The maximum absolute atomic E-state index is 10.9. The van der Waals surface area contributed by atoms with E-state index in [9.17, 15) is 13.7 Å². The first-order chi connectivity index (χ1) is 10.9. The summed E-state index contributed by atoms with van der Waals surface area (Å²) < 4.78 is 23.6. The van der Waals surface area contributed by atoms with Gasteiger partial charge in [0.25, 0.3) is 0 Å². The van der Waals surface area contributed by atoms with Crippen molar-refractivity contribution in [2.75, 3.05) is 5.75 Å². The quantitative estimate of drug-likeness (QED) is 0.899. The van der Waals surface area contributed by atoms with Crippen molar-refractivity contribution in [2.24, 2.45) is 12.2 Å². The summed E-state index contributed by atoms with van der Waals surface area (Å²) in [5.74, 6) is -0.0834. The second kappa shape index (κ2) is 6.66. The third kappa shape index (κ3) is 3.98. The van der Waals surface area contributed by atoms with Gasteiger partial charge in [0.15, 0.2) is 0 Å². The van der Waals surface area contributed by atoms with Crippen molar-refractivity contribution in [3.05, 3.63) is 47.2 Å². The molecule has 1 aromatic heterocycles. The molecule has 0 saturated heterocycles. The zero-order valence-corrected chi connectivity index (χ0v) is 13.5. The molecule has 0 saturated carbocycles. The number of nitriles is 2. The van der Waals surface area contributed by atoms with Crippen molar-refractivity contribution in [3.8, 4) is 23.4 Å². The Morgan fingerprint density at radius 1 is 1.17 bits per heavy atom. The lowest BCUT2D eigenvalue weighted by molar-refractivity contribution is 0.595. The molecule has 0 radical (unpaired) electrons. The van der Waals surface area contributed by atoms with E-state index in [0.29, 0.717) is 24.1 Å². The average Bonchev–Trinajstić information content (AvgIpc) is 2.86. The number of primary sulfonamides is 1. The van der Waals surface area contributed by atoms with Crippen LogP contribution in [-0.2, 0) is 23.5 Å². The van der Waals surface area contributed by atoms with Crippen LogP contribution in [0.15, 0.2) is 30.3 Å². The first-order valence-electron chi connectivity index (χ1n) is 6.95. The summed E-state index contributed by atoms with van der Waals surface area (Å²) in [5.41, 5.74) is 3.41. The number of aryl methyl sites for hydroxylation is 1. The predicted molar refractivity (Wildman–Crippen MR) is 86.6 cm³/mol. The van der Waals surface area contributed by atoms with Gasteiger partial charge in [0.1, 0.15) is 11.8 Å². The highest BCUT2D eigenvalue weighted by atomic mass is 32.2. The number of sulfonamides is 1. The summed E-state index contributed by atoms with van der Waals surface area (Å²) in [6.45, 7) is 0. The summed E-state index contributed by atoms with van der Waals surface area (Å²) in [5, 5.41) is 23.4. The molecule has 7 heteroatoms. The molecule has 2 aromatic rings. The number of aromatic nitrogens is 1. The van der Waals surface area contributed by atoms with Crippen LogP contribution in [0, 0.1) is 22.7 Å². The van der Waals surface area contributed by atoms with Crippen LogP contribution in [-0.4, -0.2) is 18.7 Å². The van der Waals surface area contributed by atoms with Gasteiger partial charge >= 0.3 is 0 Å². The molecule has 1 aromatic carbocycles. The van der Waals surface area contributed by atoms with Crippen LogP contribution in [0.4, 0.5) is 0 Å². The second-order valence-electron chi connectivity index (χ2n) is 5.24. The molecular weight excluding hydrogens is 312 g/mol. The Kier molecular flexibility index (Phi) is 4.85. The van der Waals surface area contributed by atoms with Gasteiger partial charge < -0.3 is 4.57 Å². The van der Waals surface area contributed by atoms with Crippen LogP contribution in [0.3, 0.4) is 0 Å². The molecule has 0 spiro atoms. The van der Waals surface area contributed by atoms with Crippen LogP contribution >= 0.6 is 0 Å². The number of rotatable bonds is 5. The van der Waals surface area contributed by atoms with Crippen LogP contribution in [0.1, 0.15) is 23.2 Å². The molecule has 1 heterocycles. The minimum Gasteiger partial charge on any atom is -0.335 e. The van der Waals surface area contributed by atoms with Gasteiger partial charge in [0.2, 0.25) is 10.0 Å². The largest absolute Gasteiger partial charge is 0.335 e. The van der Waals surface area contributed by atoms with E-state index in [1.165, 1.54) is 0 Å². The molecule has 0 amide bonds. The zero-order chi connectivity index (χ0) is 17.0. The summed E-state index contributed by atoms with van der Waals surface area (Å²) >= 11 is 0. The van der Waals surface area contributed by atoms with Crippen LogP contribution in [0.25, 0.3) is 11.3 Å². The molecule has 2 rings (SSSR count). The summed E-state index contributed by atoms with van der Waals surface area (Å²) in [6.07, 6.45) is 0.938. The van der Waals surface area contributed by atoms with Crippen LogP contribution in [0.5, 0.6) is 0 Å². The lowest BCUT2D eigenvalue weighted by atomic mass is 10.00. The molecule has 0 atom stereocenters. The molecule has 0 aliphatic rings. The van der Waals surface area contributed by atoms with Crippen molar-refractivity contribution in [1.82, 2.24) is 4.57 Å². The van der Waals surface area contributed by atoms with Gasteiger partial charge in [-0.2, -0.15) is 10.5 Å². The van der Waals surface area contributed by atoms with Crippen molar-refractivity contribution >= 4 is 10.0 Å². The second-order valence-corrected chi connectivity index (χ2v) is 6.97. The first-order valence-corrected chi connectivity index (χ1v) is 8.67. The number of hydrogen-bond acceptors (Lipinski definition) is 4. The van der Waals surface area contributed by atoms with E-state index in [2.05, 4.69) is 12.1 Å². The Morgan fingerprint density at radius 3 is 2.48 bits per heavy atom. The van der Waals surface area contributed by atoms with Gasteiger partial charge in [-0.3, -0.25) is 0 Å². The zero-order valence-electron chi connectivity index (χ0n) is 12.7. The fourth-order valence-corrected chi connectivity index (χ4v) is 2.98. The van der Waals surface area contributed by atoms with Crippen molar-refractivity contribution in [1.29, 1.82) is 10.5 Å². The highest BCUT2D eigenvalue weighted by Crippen LogP contribution is 2.26. The molecule has 0 bridgehead atoms. The van der Waals surface area contributed by atoms with E-state index in [1.54, 1.807) is 29.8 Å². The highest BCUT2D eigenvalue weighted by Gasteiger charge is 2.12. The van der Waals surface area contributed by atoms with Gasteiger partial charge in [-0.1, -0.05) is 12.1 Å². The predicted octanol–water partition coefficient (Wildman–Crippen LogP) is 1.66. The van der Waals surface area contributed by atoms with Gasteiger partial charge in [0.05, 0.1) is 23.1 Å². The molecule has 0 unspecified atom stereocenters. The Morgan fingerprint density at radius 2 is 1.91 bits per heavy atom. The highest BCUT2D eigenvalue weighted by molar-refractivity contribution is 7.89. The molecule has 6 nitrogen and oxygen atoms in total. The smallest absolute Gasteiger partial charge is 0.209 e. The Balaban J connectivity index is 2.29. The lowest BCUT2D eigenvalue weighted by Gasteiger charge is -2.09. The van der Waals surface area contributed by atoms with Gasteiger partial charge in [-0.05, 0) is 36.6 Å². The Hall–Kier alpha value is -2.61. The maximum atomic E-state index is 10.9. The molecule has 2 N–H and O–H groups in total. The monoisotopic (exact) mass is 328 g/mol. The SMILES string of the molecule is Cn1c(C#N)ccc1-c1ccc(CCCS(N)(=O)=O)cc1C#N. The van der Waals surface area contributed by atoms with E-state index in [1.807, 2.05) is 12.1 Å². The standard InChI is InChI=1S/C16H16N4O2S/c1-20-14(11-18)5-7-16(20)15-6-4-12(9-13(15)10-17)3-2-8-23(19,21)22/h4-7,9H,2-3,8H2,1H3,(H2,19,21,22). The van der Waals surface area contributed by atoms with Crippen LogP contribution in [0.2, 0.25) is 0 Å². The van der Waals surface area contributed by atoms with Crippen molar-refractivity contribution in [3.63, 3.8) is 0 Å². The number of nitrogens with two attached hydrogens (primary N) is 1. The minimum absolute atomic E-state index is 0.0834. The van der Waals surface area contributed by atoms with E-state index >= 15 is 0 Å². The molecular formula is C16H16N4O2S. The summed E-state index contributed by atoms with van der Waals surface area (Å²) in [6, 6.07) is 13.2. The third-order valence-electron chi connectivity index (χ3n) is 3.61. The number of hydrogen-bond donors (Lipinski definition) is 1. The minimum atomic E-state index is -3.47. The fraction of sp³-hybridized carbons (Fsp3) is 0.250. The molecule has 23 heavy (non-hydrogen) atoms. The van der Waals surface area contributed by atoms with Crippen molar-refractivity contribution < 1.29 is 8.42 Å². The fourth-order valence-electron chi connectivity index (χ4n) is 2.43. The third-order valence-corrected chi connectivity index (χ3v) is 4.47. The molecule has 0 aliphatic carbocycles. The number of benzene rings is 1. The Labute approximate surface area is 135 Å². The van der Waals surface area contributed by atoms with Gasteiger partial charge in [-0.25, -0.2) is 13.6 Å². The maximum Gasteiger partial charge on any atom is 0.209 e. The summed E-state index contributed by atoms with van der Waals surface area (Å²) in [7, 11) is -1.69. The average molecular weight is 328 g/mol. The number of nitrogens with zero attached hydrogens (tertiary/aromatic N) is 3. The van der Waals surface area contributed by atoms with E-state index in [4.69, 9.17) is 10.4 Å². The Bertz CT molecular complexity index is 915. The molecule has 118 valence electrons. The topological polar surface area (TPSA) is 113 Å². The van der Waals surface area contributed by atoms with E-state index in [-0.39, 0.29) is 5.75 Å². The van der Waals surface area contributed by atoms with Crippen molar-refractivity contribution in [2.45, 2.75) is 12.8 Å². The van der Waals surface area contributed by atoms with Gasteiger partial charge in [-0.15, -0.1) is 0 Å². The normalized spacial score (nSPS) is 11.0. The van der Waals surface area contributed by atoms with Gasteiger partial charge in [0, 0.05) is 12.6 Å². The lowest BCUT2D eigenvalue weighted by Crippen LogP contribution is -2.16.